The van der Waals surface area contributed by atoms with Gasteiger partial charge in [-0.2, -0.15) is 0 Å². The van der Waals surface area contributed by atoms with Gasteiger partial charge < -0.3 is 5.73 Å². The molecule has 0 aromatic heterocycles. The lowest BCUT2D eigenvalue weighted by Crippen LogP contribution is -2.15. The summed E-state index contributed by atoms with van der Waals surface area (Å²) in [5.74, 6) is -0.283. The molecule has 1 aliphatic rings. The normalized spacial score (nSPS) is 15.2. The average Bonchev–Trinajstić information content (AvgIpc) is 2.90. The Balaban J connectivity index is 1.84. The number of hydrogen-bond acceptors (Lipinski definition) is 1. The van der Waals surface area contributed by atoms with Crippen molar-refractivity contribution in [1.82, 2.24) is 0 Å². The predicted octanol–water partition coefficient (Wildman–Crippen LogP) is 4.21. The van der Waals surface area contributed by atoms with E-state index in [4.69, 9.17) is 17.3 Å². The van der Waals surface area contributed by atoms with Gasteiger partial charge in [-0.05, 0) is 54.5 Å². The molecule has 1 aliphatic carbocycles. The van der Waals surface area contributed by atoms with Gasteiger partial charge in [0.15, 0.2) is 0 Å². The Bertz CT molecular complexity index is 619. The van der Waals surface area contributed by atoms with Gasteiger partial charge in [-0.25, -0.2) is 4.39 Å². The van der Waals surface area contributed by atoms with Gasteiger partial charge in [-0.1, -0.05) is 35.9 Å². The molecule has 1 nitrogen and oxygen atoms in total. The first-order chi connectivity index (χ1) is 9.65. The summed E-state index contributed by atoms with van der Waals surface area (Å²) in [6.07, 6.45) is 3.91. The Morgan fingerprint density at radius 1 is 1.15 bits per heavy atom. The highest BCUT2D eigenvalue weighted by atomic mass is 35.5. The number of benzene rings is 2. The van der Waals surface area contributed by atoms with Gasteiger partial charge in [0.25, 0.3) is 0 Å². The van der Waals surface area contributed by atoms with E-state index in [1.165, 1.54) is 23.6 Å². The van der Waals surface area contributed by atoms with E-state index >= 15 is 0 Å². The molecule has 2 aromatic rings. The summed E-state index contributed by atoms with van der Waals surface area (Å²) in [6.45, 7) is 0. The molecule has 0 heterocycles. The van der Waals surface area contributed by atoms with E-state index in [2.05, 4.69) is 18.2 Å². The number of fused-ring (bicyclic) bond motifs is 1. The molecule has 2 aromatic carbocycles. The molecule has 3 rings (SSSR count). The van der Waals surface area contributed by atoms with E-state index < -0.39 is 0 Å². The lowest BCUT2D eigenvalue weighted by atomic mass is 9.96. The summed E-state index contributed by atoms with van der Waals surface area (Å²) in [4.78, 5) is 0. The Hall–Kier alpha value is -1.38. The van der Waals surface area contributed by atoms with E-state index in [1.54, 1.807) is 12.1 Å². The van der Waals surface area contributed by atoms with Crippen molar-refractivity contribution in [1.29, 1.82) is 0 Å². The Morgan fingerprint density at radius 3 is 2.75 bits per heavy atom. The Labute approximate surface area is 123 Å². The van der Waals surface area contributed by atoms with Crippen molar-refractivity contribution in [2.24, 2.45) is 5.73 Å². The van der Waals surface area contributed by atoms with E-state index in [0.29, 0.717) is 17.0 Å². The second kappa shape index (κ2) is 5.55. The fourth-order valence-electron chi connectivity index (χ4n) is 2.89. The van der Waals surface area contributed by atoms with Crippen molar-refractivity contribution in [2.75, 3.05) is 0 Å². The number of hydrogen-bond donors (Lipinski definition) is 1. The van der Waals surface area contributed by atoms with Gasteiger partial charge in [-0.15, -0.1) is 0 Å². The largest absolute Gasteiger partial charge is 0.324 e. The van der Waals surface area contributed by atoms with Gasteiger partial charge in [0.2, 0.25) is 0 Å². The number of halogens is 2. The maximum Gasteiger partial charge on any atom is 0.127 e. The zero-order chi connectivity index (χ0) is 14.1. The summed E-state index contributed by atoms with van der Waals surface area (Å²) < 4.78 is 13.8. The van der Waals surface area contributed by atoms with Gasteiger partial charge in [0.05, 0.1) is 0 Å². The van der Waals surface area contributed by atoms with Crippen LogP contribution >= 0.6 is 11.6 Å². The SMILES string of the molecule is NC(Cc1c(F)cccc1Cl)c1ccc2c(c1)CCC2. The van der Waals surface area contributed by atoms with Crippen LogP contribution in [0.2, 0.25) is 5.02 Å². The zero-order valence-corrected chi connectivity index (χ0v) is 12.0. The minimum Gasteiger partial charge on any atom is -0.324 e. The van der Waals surface area contributed by atoms with Crippen molar-refractivity contribution in [3.8, 4) is 0 Å². The van der Waals surface area contributed by atoms with Crippen LogP contribution in [0.1, 0.15) is 34.7 Å². The van der Waals surface area contributed by atoms with E-state index in [9.17, 15) is 4.39 Å². The molecule has 20 heavy (non-hydrogen) atoms. The molecule has 3 heteroatoms. The highest BCUT2D eigenvalue weighted by Crippen LogP contribution is 2.28. The molecule has 1 atom stereocenters. The molecule has 1 unspecified atom stereocenters. The number of aryl methyl sites for hydroxylation is 2. The second-order valence-electron chi connectivity index (χ2n) is 5.39. The molecule has 104 valence electrons. The maximum absolute atomic E-state index is 13.8. The lowest BCUT2D eigenvalue weighted by molar-refractivity contribution is 0.593. The van der Waals surface area contributed by atoms with Crippen LogP contribution in [0.5, 0.6) is 0 Å². The monoisotopic (exact) mass is 289 g/mol. The second-order valence-corrected chi connectivity index (χ2v) is 5.80. The summed E-state index contributed by atoms with van der Waals surface area (Å²) in [7, 11) is 0. The molecule has 2 N–H and O–H groups in total. The van der Waals surface area contributed by atoms with Crippen LogP contribution in [0.3, 0.4) is 0 Å². The predicted molar refractivity (Wildman–Crippen MR) is 80.5 cm³/mol. The standard InChI is InChI=1S/C17H17ClFN/c18-15-5-2-6-16(19)14(15)10-17(20)13-8-7-11-3-1-4-12(11)9-13/h2,5-9,17H,1,3-4,10,20H2. The first kappa shape index (κ1) is 13.6. The van der Waals surface area contributed by atoms with Crippen LogP contribution in [0, 0.1) is 5.82 Å². The average molecular weight is 290 g/mol. The van der Waals surface area contributed by atoms with Crippen LogP contribution in [-0.2, 0) is 19.3 Å². The van der Waals surface area contributed by atoms with Gasteiger partial charge in [0, 0.05) is 16.6 Å². The molecular formula is C17H17ClFN. The highest BCUT2D eigenvalue weighted by Gasteiger charge is 2.16. The summed E-state index contributed by atoms with van der Waals surface area (Å²) in [6, 6.07) is 10.9. The summed E-state index contributed by atoms with van der Waals surface area (Å²) in [5, 5.41) is 0.446. The first-order valence-corrected chi connectivity index (χ1v) is 7.33. The van der Waals surface area contributed by atoms with Crippen molar-refractivity contribution in [3.63, 3.8) is 0 Å². The zero-order valence-electron chi connectivity index (χ0n) is 11.2. The fraction of sp³-hybridized carbons (Fsp3) is 0.294. The molecule has 0 amide bonds. The third-order valence-electron chi connectivity index (χ3n) is 4.04. The van der Waals surface area contributed by atoms with E-state index in [0.717, 1.165) is 18.4 Å². The molecule has 0 radical (unpaired) electrons. The Kier molecular flexibility index (Phi) is 3.77. The van der Waals surface area contributed by atoms with Gasteiger partial charge in [0.1, 0.15) is 5.82 Å². The lowest BCUT2D eigenvalue weighted by Gasteiger charge is -2.15. The molecule has 0 bridgehead atoms. The van der Waals surface area contributed by atoms with Crippen molar-refractivity contribution < 1.29 is 4.39 Å². The van der Waals surface area contributed by atoms with Crippen LogP contribution in [0.25, 0.3) is 0 Å². The minimum atomic E-state index is -0.283. The van der Waals surface area contributed by atoms with Crippen molar-refractivity contribution in [3.05, 3.63) is 69.5 Å². The first-order valence-electron chi connectivity index (χ1n) is 6.95. The third-order valence-corrected chi connectivity index (χ3v) is 4.39. The van der Waals surface area contributed by atoms with Crippen molar-refractivity contribution in [2.45, 2.75) is 31.7 Å². The summed E-state index contributed by atoms with van der Waals surface area (Å²) in [5.41, 5.74) is 10.6. The van der Waals surface area contributed by atoms with E-state index in [1.807, 2.05) is 0 Å². The minimum absolute atomic E-state index is 0.227. The topological polar surface area (TPSA) is 26.0 Å². The van der Waals surface area contributed by atoms with Crippen LogP contribution in [-0.4, -0.2) is 0 Å². The van der Waals surface area contributed by atoms with Crippen molar-refractivity contribution >= 4 is 11.6 Å². The molecule has 0 fully saturated rings. The van der Waals surface area contributed by atoms with E-state index in [-0.39, 0.29) is 11.9 Å². The Morgan fingerprint density at radius 2 is 1.95 bits per heavy atom. The maximum atomic E-state index is 13.8. The molecule has 0 aliphatic heterocycles. The molecule has 0 saturated heterocycles. The fourth-order valence-corrected chi connectivity index (χ4v) is 3.13. The summed E-state index contributed by atoms with van der Waals surface area (Å²) >= 11 is 6.06. The number of nitrogens with two attached hydrogens (primary N) is 1. The number of rotatable bonds is 3. The molecule has 0 spiro atoms. The van der Waals surface area contributed by atoms with Gasteiger partial charge >= 0.3 is 0 Å². The van der Waals surface area contributed by atoms with Gasteiger partial charge in [-0.3, -0.25) is 0 Å². The third kappa shape index (κ3) is 2.58. The molecule has 0 saturated carbocycles. The quantitative estimate of drug-likeness (QED) is 0.900. The van der Waals surface area contributed by atoms with Crippen LogP contribution in [0.4, 0.5) is 4.39 Å². The molecular weight excluding hydrogens is 273 g/mol. The van der Waals surface area contributed by atoms with Crippen LogP contribution < -0.4 is 5.73 Å². The smallest absolute Gasteiger partial charge is 0.127 e. The van der Waals surface area contributed by atoms with Crippen LogP contribution in [0.15, 0.2) is 36.4 Å². The highest BCUT2D eigenvalue weighted by molar-refractivity contribution is 6.31.